The number of likely N-dealkylation sites (tertiary alicyclic amines) is 1. The van der Waals surface area contributed by atoms with E-state index in [0.717, 1.165) is 42.4 Å². The molecule has 170 valence electrons. The molecule has 0 bridgehead atoms. The molecule has 1 aliphatic rings. The van der Waals surface area contributed by atoms with Crippen LogP contribution in [-0.2, 0) is 11.3 Å². The molecule has 1 fully saturated rings. The van der Waals surface area contributed by atoms with Crippen molar-refractivity contribution in [3.8, 4) is 11.1 Å². The summed E-state index contributed by atoms with van der Waals surface area (Å²) in [5.74, 6) is 0.610. The fraction of sp³-hybridized carbons (Fsp3) is 0.250. The average molecular weight is 450 g/mol. The van der Waals surface area contributed by atoms with E-state index < -0.39 is 0 Å². The minimum Gasteiger partial charge on any atom is -0.358 e. The highest BCUT2D eigenvalue weighted by Crippen LogP contribution is 2.39. The summed E-state index contributed by atoms with van der Waals surface area (Å²) in [5, 5.41) is 6.82. The largest absolute Gasteiger partial charge is 0.358 e. The van der Waals surface area contributed by atoms with Crippen LogP contribution in [0.15, 0.2) is 79.3 Å². The van der Waals surface area contributed by atoms with Crippen LogP contribution in [-0.4, -0.2) is 43.6 Å². The molecule has 0 saturated carbocycles. The van der Waals surface area contributed by atoms with Crippen LogP contribution in [0, 0.1) is 0 Å². The summed E-state index contributed by atoms with van der Waals surface area (Å²) in [5.41, 5.74) is 5.98. The van der Waals surface area contributed by atoms with Crippen molar-refractivity contribution in [2.75, 3.05) is 13.1 Å². The maximum Gasteiger partial charge on any atom is 0.224 e. The summed E-state index contributed by atoms with van der Waals surface area (Å²) in [6, 6.07) is 20.8. The highest BCUT2D eigenvalue weighted by atomic mass is 16.2. The van der Waals surface area contributed by atoms with Crippen molar-refractivity contribution in [3.05, 3.63) is 84.9 Å². The van der Waals surface area contributed by atoms with Gasteiger partial charge in [-0.15, -0.1) is 0 Å². The Balaban J connectivity index is 1.16. The highest BCUT2D eigenvalue weighted by molar-refractivity contribution is 5.97. The van der Waals surface area contributed by atoms with E-state index >= 15 is 0 Å². The number of nitrogens with one attached hydrogen (secondary N) is 1. The number of rotatable bonds is 5. The van der Waals surface area contributed by atoms with Crippen LogP contribution < -0.4 is 0 Å². The first-order valence-corrected chi connectivity index (χ1v) is 12.0. The molecule has 34 heavy (non-hydrogen) atoms. The predicted octanol–water partition coefficient (Wildman–Crippen LogP) is 5.38. The van der Waals surface area contributed by atoms with Crippen LogP contribution in [0.5, 0.6) is 0 Å². The number of nitrogens with zero attached hydrogens (tertiary/aromatic N) is 4. The van der Waals surface area contributed by atoms with Gasteiger partial charge in [-0.1, -0.05) is 36.4 Å². The second-order valence-electron chi connectivity index (χ2n) is 9.03. The van der Waals surface area contributed by atoms with Crippen molar-refractivity contribution >= 4 is 27.7 Å². The van der Waals surface area contributed by atoms with E-state index in [9.17, 15) is 4.79 Å². The van der Waals surface area contributed by atoms with Gasteiger partial charge in [-0.3, -0.25) is 14.5 Å². The summed E-state index contributed by atoms with van der Waals surface area (Å²) in [6.07, 6.45) is 7.97. The summed E-state index contributed by atoms with van der Waals surface area (Å²) in [7, 11) is 0. The van der Waals surface area contributed by atoms with Gasteiger partial charge in [0, 0.05) is 65.4 Å². The third kappa shape index (κ3) is 3.75. The minimum absolute atomic E-state index is 0.212. The third-order valence-corrected chi connectivity index (χ3v) is 7.05. The van der Waals surface area contributed by atoms with Crippen LogP contribution in [0.2, 0.25) is 0 Å². The summed E-state index contributed by atoms with van der Waals surface area (Å²) in [6.45, 7) is 2.18. The SMILES string of the molecule is O=C(CCn1ncc2ccccc21)N1CCC(c2[nH]c3ccccc3c2-c2ccncc2)CC1. The molecule has 2 aromatic carbocycles. The minimum atomic E-state index is 0.212. The predicted molar refractivity (Wildman–Crippen MR) is 134 cm³/mol. The quantitative estimate of drug-likeness (QED) is 0.392. The molecule has 1 aliphatic heterocycles. The van der Waals surface area contributed by atoms with Crippen molar-refractivity contribution in [1.82, 2.24) is 24.6 Å². The molecule has 0 atom stereocenters. The van der Waals surface area contributed by atoms with Gasteiger partial charge in [-0.2, -0.15) is 5.10 Å². The number of H-pyrrole nitrogens is 1. The van der Waals surface area contributed by atoms with Gasteiger partial charge in [0.05, 0.1) is 18.3 Å². The molecule has 6 nitrogen and oxygen atoms in total. The van der Waals surface area contributed by atoms with E-state index in [0.29, 0.717) is 18.9 Å². The number of amides is 1. The van der Waals surface area contributed by atoms with Crippen LogP contribution in [0.4, 0.5) is 0 Å². The fourth-order valence-electron chi connectivity index (χ4n) is 5.28. The van der Waals surface area contributed by atoms with E-state index in [1.165, 1.54) is 22.2 Å². The number of hydrogen-bond acceptors (Lipinski definition) is 3. The summed E-state index contributed by atoms with van der Waals surface area (Å²) in [4.78, 5) is 22.9. The molecule has 4 heterocycles. The van der Waals surface area contributed by atoms with E-state index in [1.807, 2.05) is 40.3 Å². The molecule has 3 aromatic heterocycles. The first-order chi connectivity index (χ1) is 16.8. The number of aryl methyl sites for hydroxylation is 1. The Bertz CT molecular complexity index is 1440. The van der Waals surface area contributed by atoms with Crippen LogP contribution in [0.1, 0.15) is 30.9 Å². The Labute approximate surface area is 198 Å². The van der Waals surface area contributed by atoms with Crippen molar-refractivity contribution in [2.24, 2.45) is 0 Å². The van der Waals surface area contributed by atoms with Crippen molar-refractivity contribution in [3.63, 3.8) is 0 Å². The molecular weight excluding hydrogens is 422 g/mol. The van der Waals surface area contributed by atoms with E-state index in [2.05, 4.69) is 63.6 Å². The number of para-hydroxylation sites is 2. The maximum absolute atomic E-state index is 13.0. The first-order valence-electron chi connectivity index (χ1n) is 12.0. The van der Waals surface area contributed by atoms with Gasteiger partial charge in [-0.25, -0.2) is 0 Å². The van der Waals surface area contributed by atoms with Gasteiger partial charge in [0.2, 0.25) is 5.91 Å². The molecule has 0 unspecified atom stereocenters. The van der Waals surface area contributed by atoms with E-state index in [-0.39, 0.29) is 5.91 Å². The Kier molecular flexibility index (Phi) is 5.34. The summed E-state index contributed by atoms with van der Waals surface area (Å²) >= 11 is 0. The maximum atomic E-state index is 13.0. The van der Waals surface area contributed by atoms with E-state index in [4.69, 9.17) is 0 Å². The molecular formula is C28H27N5O. The lowest BCUT2D eigenvalue weighted by Crippen LogP contribution is -2.38. The third-order valence-electron chi connectivity index (χ3n) is 7.05. The van der Waals surface area contributed by atoms with Gasteiger partial charge in [0.25, 0.3) is 0 Å². The number of piperidine rings is 1. The van der Waals surface area contributed by atoms with Gasteiger partial charge < -0.3 is 9.88 Å². The number of hydrogen-bond donors (Lipinski definition) is 1. The molecule has 0 aliphatic carbocycles. The zero-order valence-corrected chi connectivity index (χ0v) is 19.0. The van der Waals surface area contributed by atoms with Gasteiger partial charge >= 0.3 is 0 Å². The smallest absolute Gasteiger partial charge is 0.224 e. The number of aromatic amines is 1. The molecule has 0 radical (unpaired) electrons. The molecule has 5 aromatic rings. The van der Waals surface area contributed by atoms with Crippen molar-refractivity contribution in [1.29, 1.82) is 0 Å². The number of aromatic nitrogens is 4. The number of carbonyl (C=O) groups is 1. The second kappa shape index (κ2) is 8.78. The van der Waals surface area contributed by atoms with Crippen LogP contribution >= 0.6 is 0 Å². The fourth-order valence-corrected chi connectivity index (χ4v) is 5.28. The molecule has 1 saturated heterocycles. The summed E-state index contributed by atoms with van der Waals surface area (Å²) < 4.78 is 1.94. The van der Waals surface area contributed by atoms with Gasteiger partial charge in [-0.05, 0) is 42.7 Å². The molecule has 1 amide bonds. The molecule has 1 N–H and O–H groups in total. The molecule has 6 rings (SSSR count). The van der Waals surface area contributed by atoms with Crippen molar-refractivity contribution < 1.29 is 4.79 Å². The number of pyridine rings is 1. The second-order valence-corrected chi connectivity index (χ2v) is 9.03. The normalized spacial score (nSPS) is 14.8. The first kappa shape index (κ1) is 20.7. The Morgan fingerprint density at radius 1 is 0.971 bits per heavy atom. The number of fused-ring (bicyclic) bond motifs is 2. The molecule has 6 heteroatoms. The lowest BCUT2D eigenvalue weighted by molar-refractivity contribution is -0.132. The van der Waals surface area contributed by atoms with Gasteiger partial charge in [0.1, 0.15) is 0 Å². The topological polar surface area (TPSA) is 66.8 Å². The van der Waals surface area contributed by atoms with Crippen molar-refractivity contribution in [2.45, 2.75) is 31.7 Å². The monoisotopic (exact) mass is 449 g/mol. The number of carbonyl (C=O) groups excluding carboxylic acids is 1. The van der Waals surface area contributed by atoms with Crippen LogP contribution in [0.3, 0.4) is 0 Å². The lowest BCUT2D eigenvalue weighted by Gasteiger charge is -2.32. The zero-order chi connectivity index (χ0) is 22.9. The Morgan fingerprint density at radius 3 is 2.59 bits per heavy atom. The highest BCUT2D eigenvalue weighted by Gasteiger charge is 2.27. The van der Waals surface area contributed by atoms with E-state index in [1.54, 1.807) is 0 Å². The Morgan fingerprint density at radius 2 is 1.74 bits per heavy atom. The lowest BCUT2D eigenvalue weighted by atomic mass is 9.88. The Hall–Kier alpha value is -3.93. The standard InChI is InChI=1S/C28H27N5O/c34-26(13-18-33-25-8-4-1-5-22(25)19-30-33)32-16-11-21(12-17-32)28-27(20-9-14-29-15-10-20)23-6-2-3-7-24(23)31-28/h1-10,14-15,19,21,31H,11-13,16-18H2. The number of benzene rings is 2. The van der Waals surface area contributed by atoms with Gasteiger partial charge in [0.15, 0.2) is 0 Å². The molecule has 0 spiro atoms. The average Bonchev–Trinajstić information content (AvgIpc) is 3.49. The van der Waals surface area contributed by atoms with Crippen LogP contribution in [0.25, 0.3) is 32.9 Å². The zero-order valence-electron chi connectivity index (χ0n) is 19.0.